The Morgan fingerprint density at radius 1 is 1.07 bits per heavy atom. The van der Waals surface area contributed by atoms with Crippen LogP contribution in [0.4, 0.5) is 5.69 Å². The topological polar surface area (TPSA) is 108 Å². The Labute approximate surface area is 163 Å². The molecule has 8 nitrogen and oxygen atoms in total. The van der Waals surface area contributed by atoms with Crippen molar-refractivity contribution in [2.24, 2.45) is 0 Å². The van der Waals surface area contributed by atoms with Crippen molar-refractivity contribution in [3.05, 3.63) is 60.2 Å². The van der Waals surface area contributed by atoms with E-state index in [-0.39, 0.29) is 12.5 Å². The molecule has 9 heteroatoms. The average molecular weight is 403 g/mol. The minimum Gasteiger partial charge on any atom is -0.322 e. The molecule has 2 aromatic carbocycles. The Balaban J connectivity index is 1.78. The zero-order valence-corrected chi connectivity index (χ0v) is 16.1. The molecule has 148 valence electrons. The van der Waals surface area contributed by atoms with Gasteiger partial charge < -0.3 is 9.84 Å². The van der Waals surface area contributed by atoms with Gasteiger partial charge >= 0.3 is 7.52 Å². The summed E-state index contributed by atoms with van der Waals surface area (Å²) in [5, 5.41) is 12.0. The molecule has 1 aliphatic heterocycles. The highest BCUT2D eigenvalue weighted by atomic mass is 31.2. The second-order valence-electron chi connectivity index (χ2n) is 6.35. The molecule has 0 saturated carbocycles. The molecule has 3 rings (SSSR count). The van der Waals surface area contributed by atoms with Crippen LogP contribution in [0.3, 0.4) is 0 Å². The quantitative estimate of drug-likeness (QED) is 0.402. The lowest BCUT2D eigenvalue weighted by Gasteiger charge is -2.28. The Bertz CT molecular complexity index is 873. The number of benzene rings is 2. The number of carbonyl (C=O) groups excluding carboxylic acids is 2. The smallest absolute Gasteiger partial charge is 0.302 e. The fourth-order valence-corrected chi connectivity index (χ4v) is 5.20. The highest BCUT2D eigenvalue weighted by Crippen LogP contribution is 2.51. The van der Waals surface area contributed by atoms with E-state index in [0.717, 1.165) is 12.8 Å². The van der Waals surface area contributed by atoms with Gasteiger partial charge in [-0.2, -0.15) is 0 Å². The monoisotopic (exact) mass is 403 g/mol. The van der Waals surface area contributed by atoms with Crippen molar-refractivity contribution in [3.63, 3.8) is 0 Å². The maximum absolute atomic E-state index is 13.5. The molecule has 2 aromatic rings. The molecule has 1 heterocycles. The molecule has 2 amide bonds. The molecule has 0 aromatic heterocycles. The third-order valence-electron chi connectivity index (χ3n) is 4.39. The number of rotatable bonds is 5. The first-order valence-corrected chi connectivity index (χ1v) is 10.5. The van der Waals surface area contributed by atoms with Crippen LogP contribution in [0.1, 0.15) is 23.2 Å². The van der Waals surface area contributed by atoms with E-state index in [1.165, 1.54) is 4.67 Å². The minimum absolute atomic E-state index is 0.236. The maximum Gasteiger partial charge on any atom is 0.302 e. The van der Waals surface area contributed by atoms with Crippen LogP contribution in [0.5, 0.6) is 0 Å². The normalized spacial score (nSPS) is 20.2. The highest BCUT2D eigenvalue weighted by molar-refractivity contribution is 7.64. The summed E-state index contributed by atoms with van der Waals surface area (Å²) in [4.78, 5) is 23.8. The van der Waals surface area contributed by atoms with Gasteiger partial charge in [-0.1, -0.05) is 18.2 Å². The zero-order chi connectivity index (χ0) is 20.0. The zero-order valence-electron chi connectivity index (χ0n) is 15.2. The summed E-state index contributed by atoms with van der Waals surface area (Å²) >= 11 is 0. The molecule has 1 fully saturated rings. The van der Waals surface area contributed by atoms with E-state index in [0.29, 0.717) is 29.7 Å². The molecule has 28 heavy (non-hydrogen) atoms. The van der Waals surface area contributed by atoms with Gasteiger partial charge in [0.05, 0.1) is 18.5 Å². The van der Waals surface area contributed by atoms with Gasteiger partial charge in [0, 0.05) is 17.8 Å². The third kappa shape index (κ3) is 4.66. The predicted molar refractivity (Wildman–Crippen MR) is 105 cm³/mol. The molecule has 0 radical (unpaired) electrons. The number of amides is 2. The molecular weight excluding hydrogens is 381 g/mol. The van der Waals surface area contributed by atoms with Gasteiger partial charge in [-0.3, -0.25) is 19.4 Å². The Kier molecular flexibility index (Phi) is 6.59. The van der Waals surface area contributed by atoms with E-state index >= 15 is 0 Å². The first-order chi connectivity index (χ1) is 13.5. The van der Waals surface area contributed by atoms with Crippen LogP contribution in [-0.2, 0) is 13.9 Å². The van der Waals surface area contributed by atoms with E-state index in [2.05, 4.69) is 5.32 Å². The maximum atomic E-state index is 13.5. The molecule has 1 unspecified atom stereocenters. The number of carbonyl (C=O) groups is 2. The van der Waals surface area contributed by atoms with Crippen molar-refractivity contribution in [2.45, 2.75) is 12.8 Å². The number of hydroxylamine groups is 1. The van der Waals surface area contributed by atoms with Crippen LogP contribution in [0, 0.1) is 0 Å². The Hall–Kier alpha value is -2.51. The van der Waals surface area contributed by atoms with Gasteiger partial charge in [-0.05, 0) is 49.2 Å². The second-order valence-corrected chi connectivity index (χ2v) is 8.73. The molecule has 0 bridgehead atoms. The number of nitrogens with one attached hydrogen (secondary N) is 2. The molecule has 1 saturated heterocycles. The van der Waals surface area contributed by atoms with Crippen molar-refractivity contribution >= 4 is 30.3 Å². The van der Waals surface area contributed by atoms with E-state index in [1.54, 1.807) is 54.0 Å². The predicted octanol–water partition coefficient (Wildman–Crippen LogP) is 2.38. The minimum atomic E-state index is -3.45. The Morgan fingerprint density at radius 3 is 2.46 bits per heavy atom. The lowest BCUT2D eigenvalue weighted by Crippen LogP contribution is -2.36. The molecule has 0 aliphatic carbocycles. The van der Waals surface area contributed by atoms with Crippen molar-refractivity contribution in [3.8, 4) is 0 Å². The van der Waals surface area contributed by atoms with E-state index < -0.39 is 13.4 Å². The SMILES string of the molecule is O=C(CN1CCCCOP1(=O)c1ccc(NC(=O)c2ccccc2)cc1)NO. The van der Waals surface area contributed by atoms with Gasteiger partial charge in [0.25, 0.3) is 11.8 Å². The molecule has 0 spiro atoms. The summed E-state index contributed by atoms with van der Waals surface area (Å²) in [6.45, 7) is 0.498. The fraction of sp³-hybridized carbons (Fsp3) is 0.263. The standard InChI is InChI=1S/C19H22N3O5P/c23-18(21-25)14-22-12-4-5-13-27-28(22,26)17-10-8-16(9-11-17)20-19(24)15-6-2-1-3-7-15/h1-3,6-11,25H,4-5,12-14H2,(H,20,24)(H,21,23). The first-order valence-electron chi connectivity index (χ1n) is 8.93. The molecule has 3 N–H and O–H groups in total. The Morgan fingerprint density at radius 2 is 1.79 bits per heavy atom. The lowest BCUT2D eigenvalue weighted by atomic mass is 10.2. The number of hydrogen-bond donors (Lipinski definition) is 3. The summed E-state index contributed by atoms with van der Waals surface area (Å²) < 4.78 is 20.7. The largest absolute Gasteiger partial charge is 0.322 e. The van der Waals surface area contributed by atoms with Crippen molar-refractivity contribution in [1.29, 1.82) is 0 Å². The van der Waals surface area contributed by atoms with E-state index in [1.807, 2.05) is 6.07 Å². The van der Waals surface area contributed by atoms with E-state index in [9.17, 15) is 14.2 Å². The summed E-state index contributed by atoms with van der Waals surface area (Å²) in [5.74, 6) is -0.899. The summed E-state index contributed by atoms with van der Waals surface area (Å²) in [6, 6.07) is 15.4. The van der Waals surface area contributed by atoms with Gasteiger partial charge in [0.15, 0.2) is 0 Å². The summed E-state index contributed by atoms with van der Waals surface area (Å²) in [7, 11) is -3.45. The van der Waals surface area contributed by atoms with Crippen LogP contribution in [0.15, 0.2) is 54.6 Å². The second kappa shape index (κ2) is 9.12. The van der Waals surface area contributed by atoms with Crippen LogP contribution in [0.2, 0.25) is 0 Å². The van der Waals surface area contributed by atoms with Gasteiger partial charge in [-0.25, -0.2) is 10.2 Å². The van der Waals surface area contributed by atoms with Gasteiger partial charge in [0.2, 0.25) is 0 Å². The molecule has 1 atom stereocenters. The van der Waals surface area contributed by atoms with Crippen LogP contribution >= 0.6 is 7.52 Å². The van der Waals surface area contributed by atoms with Crippen molar-refractivity contribution in [2.75, 3.05) is 25.0 Å². The third-order valence-corrected chi connectivity index (χ3v) is 6.96. The first kappa shape index (κ1) is 20.2. The van der Waals surface area contributed by atoms with Crippen molar-refractivity contribution < 1.29 is 23.9 Å². The van der Waals surface area contributed by atoms with Crippen LogP contribution in [-0.4, -0.2) is 41.4 Å². The number of hydrogen-bond acceptors (Lipinski definition) is 5. The van der Waals surface area contributed by atoms with Gasteiger partial charge in [-0.15, -0.1) is 0 Å². The van der Waals surface area contributed by atoms with Gasteiger partial charge in [0.1, 0.15) is 0 Å². The van der Waals surface area contributed by atoms with Crippen LogP contribution in [0.25, 0.3) is 0 Å². The van der Waals surface area contributed by atoms with E-state index in [4.69, 9.17) is 9.73 Å². The summed E-state index contributed by atoms with van der Waals surface area (Å²) in [5.41, 5.74) is 2.65. The lowest BCUT2D eigenvalue weighted by molar-refractivity contribution is -0.129. The highest BCUT2D eigenvalue weighted by Gasteiger charge is 2.36. The summed E-state index contributed by atoms with van der Waals surface area (Å²) in [6.07, 6.45) is 1.46. The van der Waals surface area contributed by atoms with Crippen molar-refractivity contribution in [1.82, 2.24) is 10.2 Å². The molecular formula is C19H22N3O5P. The van der Waals surface area contributed by atoms with Crippen LogP contribution < -0.4 is 16.1 Å². The molecule has 1 aliphatic rings. The number of nitrogens with zero attached hydrogens (tertiary/aromatic N) is 1. The fourth-order valence-electron chi connectivity index (χ4n) is 2.94. The average Bonchev–Trinajstić information content (AvgIpc) is 2.91. The number of anilines is 1.